The van der Waals surface area contributed by atoms with E-state index in [9.17, 15) is 9.18 Å². The van der Waals surface area contributed by atoms with Crippen molar-refractivity contribution in [3.63, 3.8) is 0 Å². The molecule has 6 nitrogen and oxygen atoms in total. The number of carbonyl (C=O) groups is 1. The quantitative estimate of drug-likeness (QED) is 0.334. The fourth-order valence-electron chi connectivity index (χ4n) is 3.55. The molecular formula is C26H23ClFN3O3. The molecule has 0 aliphatic carbocycles. The molecule has 0 spiro atoms. The van der Waals surface area contributed by atoms with Gasteiger partial charge in [0.05, 0.1) is 31.6 Å². The van der Waals surface area contributed by atoms with Crippen LogP contribution in [0, 0.1) is 5.82 Å². The summed E-state index contributed by atoms with van der Waals surface area (Å²) in [7, 11) is 1.48. The van der Waals surface area contributed by atoms with Crippen molar-refractivity contribution in [2.75, 3.05) is 19.0 Å². The molecule has 0 atom stereocenters. The number of hydrogen-bond donors (Lipinski definition) is 1. The zero-order valence-electron chi connectivity index (χ0n) is 18.7. The monoisotopic (exact) mass is 479 g/mol. The normalized spacial score (nSPS) is 10.7. The third-order valence-electron chi connectivity index (χ3n) is 5.16. The van der Waals surface area contributed by atoms with Crippen LogP contribution < -0.4 is 14.8 Å². The van der Waals surface area contributed by atoms with Gasteiger partial charge in [0.1, 0.15) is 17.3 Å². The van der Waals surface area contributed by atoms with E-state index in [1.807, 2.05) is 41.8 Å². The minimum absolute atomic E-state index is 0.267. The maximum absolute atomic E-state index is 13.5. The van der Waals surface area contributed by atoms with Gasteiger partial charge in [0.2, 0.25) is 0 Å². The van der Waals surface area contributed by atoms with E-state index < -0.39 is 5.91 Å². The molecule has 8 heteroatoms. The number of ether oxygens (including phenoxy) is 2. The van der Waals surface area contributed by atoms with Crippen LogP contribution in [0.1, 0.15) is 22.8 Å². The van der Waals surface area contributed by atoms with Crippen LogP contribution in [-0.4, -0.2) is 29.2 Å². The standard InChI is InChI=1S/C26H23ClFN3O3/c1-3-34-24-21(27)13-19(14-22(24)33-2)26(32)30-25-23(18-9-11-20(28)12-10-18)29-16-31(25)15-17-7-5-4-6-8-17/h4-14,16H,3,15H2,1-2H3,(H,30,32). The SMILES string of the molecule is CCOc1c(Cl)cc(C(=O)Nc2c(-c3ccc(F)cc3)ncn2Cc2ccccc2)cc1OC. The fraction of sp³-hybridized carbons (Fsp3) is 0.154. The third-order valence-corrected chi connectivity index (χ3v) is 5.44. The van der Waals surface area contributed by atoms with Gasteiger partial charge in [0.15, 0.2) is 11.5 Å². The van der Waals surface area contributed by atoms with Gasteiger partial charge in [0.25, 0.3) is 5.91 Å². The average molecular weight is 480 g/mol. The van der Waals surface area contributed by atoms with Crippen LogP contribution >= 0.6 is 11.6 Å². The van der Waals surface area contributed by atoms with Gasteiger partial charge < -0.3 is 19.4 Å². The Bertz CT molecular complexity index is 1290. The first-order chi connectivity index (χ1) is 16.5. The maximum Gasteiger partial charge on any atom is 0.257 e. The zero-order valence-corrected chi connectivity index (χ0v) is 19.5. The smallest absolute Gasteiger partial charge is 0.257 e. The molecule has 4 rings (SSSR count). The summed E-state index contributed by atoms with van der Waals surface area (Å²) in [5, 5.41) is 3.22. The highest BCUT2D eigenvalue weighted by Gasteiger charge is 2.20. The van der Waals surface area contributed by atoms with E-state index in [1.165, 1.54) is 25.3 Å². The van der Waals surface area contributed by atoms with E-state index in [1.54, 1.807) is 24.5 Å². The zero-order chi connectivity index (χ0) is 24.1. The first kappa shape index (κ1) is 23.3. The minimum Gasteiger partial charge on any atom is -0.493 e. The number of benzene rings is 3. The molecule has 34 heavy (non-hydrogen) atoms. The minimum atomic E-state index is -0.401. The van der Waals surface area contributed by atoms with Crippen LogP contribution in [0.4, 0.5) is 10.2 Å². The highest BCUT2D eigenvalue weighted by molar-refractivity contribution is 6.32. The average Bonchev–Trinajstić information content (AvgIpc) is 3.23. The van der Waals surface area contributed by atoms with Crippen molar-refractivity contribution in [3.8, 4) is 22.8 Å². The van der Waals surface area contributed by atoms with E-state index in [-0.39, 0.29) is 10.8 Å². The lowest BCUT2D eigenvalue weighted by molar-refractivity contribution is 0.102. The summed E-state index contributed by atoms with van der Waals surface area (Å²) in [6.07, 6.45) is 1.65. The van der Waals surface area contributed by atoms with Gasteiger partial charge in [-0.15, -0.1) is 0 Å². The van der Waals surface area contributed by atoms with Gasteiger partial charge in [0, 0.05) is 11.1 Å². The summed E-state index contributed by atoms with van der Waals surface area (Å²) in [5.74, 6) is 0.459. The number of amides is 1. The summed E-state index contributed by atoms with van der Waals surface area (Å²) in [4.78, 5) is 17.8. The van der Waals surface area contributed by atoms with E-state index in [2.05, 4.69) is 10.3 Å². The molecule has 174 valence electrons. The third kappa shape index (κ3) is 5.05. The van der Waals surface area contributed by atoms with Crippen LogP contribution in [0.15, 0.2) is 73.1 Å². The summed E-state index contributed by atoms with van der Waals surface area (Å²) in [6.45, 7) is 2.72. The molecule has 1 heterocycles. The molecule has 0 saturated heterocycles. The number of carbonyl (C=O) groups excluding carboxylic acids is 1. The number of anilines is 1. The molecule has 0 radical (unpaired) electrons. The van der Waals surface area contributed by atoms with Gasteiger partial charge in [-0.1, -0.05) is 41.9 Å². The molecule has 0 aliphatic rings. The predicted molar refractivity (Wildman–Crippen MR) is 130 cm³/mol. The maximum atomic E-state index is 13.5. The lowest BCUT2D eigenvalue weighted by Gasteiger charge is -2.15. The van der Waals surface area contributed by atoms with E-state index in [4.69, 9.17) is 21.1 Å². The Labute approximate surface area is 201 Å². The molecule has 3 aromatic carbocycles. The highest BCUT2D eigenvalue weighted by Crippen LogP contribution is 2.37. The Balaban J connectivity index is 1.72. The first-order valence-corrected chi connectivity index (χ1v) is 11.0. The number of methoxy groups -OCH3 is 1. The molecule has 4 aromatic rings. The highest BCUT2D eigenvalue weighted by atomic mass is 35.5. The summed E-state index contributed by atoms with van der Waals surface area (Å²) in [6, 6.07) is 18.9. The predicted octanol–water partition coefficient (Wildman–Crippen LogP) is 6.05. The number of imidazole rings is 1. The summed E-state index contributed by atoms with van der Waals surface area (Å²) < 4.78 is 26.2. The van der Waals surface area contributed by atoms with Gasteiger partial charge >= 0.3 is 0 Å². The Morgan fingerprint density at radius 2 is 1.85 bits per heavy atom. The number of rotatable bonds is 8. The van der Waals surface area contributed by atoms with Crippen LogP contribution in [0.25, 0.3) is 11.3 Å². The summed E-state index contributed by atoms with van der Waals surface area (Å²) >= 11 is 6.36. The lowest BCUT2D eigenvalue weighted by Crippen LogP contribution is -2.16. The van der Waals surface area contributed by atoms with E-state index >= 15 is 0 Å². The van der Waals surface area contributed by atoms with E-state index in [0.717, 1.165) is 5.56 Å². The number of nitrogens with one attached hydrogen (secondary N) is 1. The Kier molecular flexibility index (Phi) is 7.13. The largest absolute Gasteiger partial charge is 0.493 e. The van der Waals surface area contributed by atoms with Gasteiger partial charge in [-0.25, -0.2) is 9.37 Å². The molecule has 1 amide bonds. The van der Waals surface area contributed by atoms with Gasteiger partial charge in [-0.3, -0.25) is 4.79 Å². The number of nitrogens with zero attached hydrogens (tertiary/aromatic N) is 2. The number of hydrogen-bond acceptors (Lipinski definition) is 4. The lowest BCUT2D eigenvalue weighted by atomic mass is 10.1. The van der Waals surface area contributed by atoms with Crippen molar-refractivity contribution in [2.24, 2.45) is 0 Å². The van der Waals surface area contributed by atoms with Gasteiger partial charge in [-0.05, 0) is 48.9 Å². The second kappa shape index (κ2) is 10.4. The van der Waals surface area contributed by atoms with Crippen LogP contribution in [0.2, 0.25) is 5.02 Å². The van der Waals surface area contributed by atoms with Crippen molar-refractivity contribution in [3.05, 3.63) is 95.0 Å². The second-order valence-corrected chi connectivity index (χ2v) is 7.85. The second-order valence-electron chi connectivity index (χ2n) is 7.44. The molecule has 0 bridgehead atoms. The van der Waals surface area contributed by atoms with Crippen molar-refractivity contribution in [1.29, 1.82) is 0 Å². The molecule has 0 unspecified atom stereocenters. The Hall–Kier alpha value is -3.84. The Morgan fingerprint density at radius 3 is 2.53 bits per heavy atom. The molecular weight excluding hydrogens is 457 g/mol. The number of halogens is 2. The Morgan fingerprint density at radius 1 is 1.12 bits per heavy atom. The van der Waals surface area contributed by atoms with Crippen molar-refractivity contribution >= 4 is 23.3 Å². The number of aromatic nitrogens is 2. The summed E-state index contributed by atoms with van der Waals surface area (Å²) in [5.41, 5.74) is 2.52. The van der Waals surface area contributed by atoms with Crippen LogP contribution in [0.5, 0.6) is 11.5 Å². The molecule has 0 fully saturated rings. The van der Waals surface area contributed by atoms with Crippen LogP contribution in [-0.2, 0) is 6.54 Å². The molecule has 0 aliphatic heterocycles. The van der Waals surface area contributed by atoms with Crippen molar-refractivity contribution in [1.82, 2.24) is 9.55 Å². The van der Waals surface area contributed by atoms with Gasteiger partial charge in [-0.2, -0.15) is 0 Å². The van der Waals surface area contributed by atoms with Crippen molar-refractivity contribution in [2.45, 2.75) is 13.5 Å². The van der Waals surface area contributed by atoms with E-state index in [0.29, 0.717) is 47.3 Å². The topological polar surface area (TPSA) is 65.4 Å². The molecule has 0 saturated carbocycles. The van der Waals surface area contributed by atoms with Crippen LogP contribution in [0.3, 0.4) is 0 Å². The van der Waals surface area contributed by atoms with Crippen molar-refractivity contribution < 1.29 is 18.7 Å². The fourth-order valence-corrected chi connectivity index (χ4v) is 3.81. The molecule has 1 aromatic heterocycles. The molecule has 1 N–H and O–H groups in total. The first-order valence-electron chi connectivity index (χ1n) is 10.7.